The van der Waals surface area contributed by atoms with E-state index in [0.717, 1.165) is 11.3 Å². The molecule has 4 nitrogen and oxygen atoms in total. The molecule has 0 fully saturated rings. The number of nitrogens with two attached hydrogens (primary N) is 2. The van der Waals surface area contributed by atoms with Crippen LogP contribution in [0.1, 0.15) is 13.8 Å². The molecule has 0 amide bonds. The lowest BCUT2D eigenvalue weighted by Crippen LogP contribution is -2.20. The topological polar surface area (TPSA) is 73.3 Å². The van der Waals surface area contributed by atoms with Crippen molar-refractivity contribution in [1.29, 1.82) is 0 Å². The third kappa shape index (κ3) is 4.00. The molecule has 0 aromatic carbocycles. The van der Waals surface area contributed by atoms with Crippen molar-refractivity contribution in [3.63, 3.8) is 0 Å². The highest BCUT2D eigenvalue weighted by molar-refractivity contribution is 5.15. The molecule has 0 aliphatic rings. The van der Waals surface area contributed by atoms with Crippen LogP contribution in [0.3, 0.4) is 0 Å². The summed E-state index contributed by atoms with van der Waals surface area (Å²) in [5.74, 6) is 0.728. The zero-order valence-corrected chi connectivity index (χ0v) is 7.79. The average Bonchev–Trinajstić information content (AvgIpc) is 2.03. The van der Waals surface area contributed by atoms with Crippen molar-refractivity contribution in [1.82, 2.24) is 5.48 Å². The van der Waals surface area contributed by atoms with E-state index < -0.39 is 0 Å². The van der Waals surface area contributed by atoms with Crippen LogP contribution in [0.4, 0.5) is 0 Å². The molecule has 0 spiro atoms. The number of nitrogens with one attached hydrogen (secondary N) is 1. The Bertz CT molecular complexity index is 187. The van der Waals surface area contributed by atoms with Gasteiger partial charge in [0.15, 0.2) is 0 Å². The minimum absolute atomic E-state index is 0.177. The van der Waals surface area contributed by atoms with Gasteiger partial charge in [0.25, 0.3) is 0 Å². The van der Waals surface area contributed by atoms with Gasteiger partial charge in [0.1, 0.15) is 5.76 Å². The fraction of sp³-hybridized carbons (Fsp3) is 0.500. The number of allylic oxidation sites excluding steroid dienone is 1. The van der Waals surface area contributed by atoms with E-state index in [-0.39, 0.29) is 6.04 Å². The van der Waals surface area contributed by atoms with Gasteiger partial charge in [0.2, 0.25) is 0 Å². The first-order chi connectivity index (χ1) is 5.61. The summed E-state index contributed by atoms with van der Waals surface area (Å²) in [5.41, 5.74) is 14.5. The lowest BCUT2D eigenvalue weighted by molar-refractivity contribution is 0.127. The molecule has 5 N–H and O–H groups in total. The fourth-order valence-electron chi connectivity index (χ4n) is 0.690. The highest BCUT2D eigenvalue weighted by Gasteiger charge is 2.00. The first-order valence-corrected chi connectivity index (χ1v) is 3.77. The van der Waals surface area contributed by atoms with Crippen molar-refractivity contribution in [3.8, 4) is 0 Å². The van der Waals surface area contributed by atoms with Gasteiger partial charge in [-0.3, -0.25) is 0 Å². The van der Waals surface area contributed by atoms with Crippen LogP contribution in [0.15, 0.2) is 23.6 Å². The Hall–Kier alpha value is -1.00. The van der Waals surface area contributed by atoms with Gasteiger partial charge in [-0.15, -0.1) is 0 Å². The zero-order valence-electron chi connectivity index (χ0n) is 7.79. The van der Waals surface area contributed by atoms with E-state index in [0.29, 0.717) is 0 Å². The molecule has 0 saturated carbocycles. The molecular weight excluding hydrogens is 154 g/mol. The highest BCUT2D eigenvalue weighted by Crippen LogP contribution is 2.01. The maximum Gasteiger partial charge on any atom is 0.119 e. The fourth-order valence-corrected chi connectivity index (χ4v) is 0.690. The van der Waals surface area contributed by atoms with Crippen molar-refractivity contribution in [2.24, 2.45) is 11.5 Å². The Balaban J connectivity index is 4.13. The first-order valence-electron chi connectivity index (χ1n) is 3.77. The molecule has 0 aliphatic heterocycles. The SMILES string of the molecule is CNO/C(C)=C/C(N)/C(C)=C/N. The summed E-state index contributed by atoms with van der Waals surface area (Å²) < 4.78 is 0. The van der Waals surface area contributed by atoms with E-state index in [9.17, 15) is 0 Å². The van der Waals surface area contributed by atoms with Crippen LogP contribution in [0.5, 0.6) is 0 Å². The summed E-state index contributed by atoms with van der Waals surface area (Å²) >= 11 is 0. The van der Waals surface area contributed by atoms with Crippen LogP contribution in [-0.2, 0) is 4.84 Å². The molecule has 0 aromatic rings. The molecule has 0 aromatic heterocycles. The van der Waals surface area contributed by atoms with E-state index >= 15 is 0 Å². The Morgan fingerprint density at radius 2 is 2.08 bits per heavy atom. The lowest BCUT2D eigenvalue weighted by atomic mass is 10.1. The van der Waals surface area contributed by atoms with Gasteiger partial charge >= 0.3 is 0 Å². The third-order valence-electron chi connectivity index (χ3n) is 1.47. The maximum absolute atomic E-state index is 5.73. The molecule has 0 bridgehead atoms. The number of hydrogen-bond donors (Lipinski definition) is 3. The second-order valence-corrected chi connectivity index (χ2v) is 2.52. The Morgan fingerprint density at radius 3 is 2.50 bits per heavy atom. The normalized spacial score (nSPS) is 16.0. The average molecular weight is 171 g/mol. The van der Waals surface area contributed by atoms with Crippen LogP contribution < -0.4 is 16.9 Å². The summed E-state index contributed by atoms with van der Waals surface area (Å²) in [4.78, 5) is 4.97. The lowest BCUT2D eigenvalue weighted by Gasteiger charge is -2.08. The van der Waals surface area contributed by atoms with Crippen LogP contribution in [0.2, 0.25) is 0 Å². The van der Waals surface area contributed by atoms with Gasteiger partial charge in [0, 0.05) is 13.1 Å². The molecule has 1 atom stereocenters. The first kappa shape index (κ1) is 11.0. The predicted molar refractivity (Wildman–Crippen MR) is 49.8 cm³/mol. The van der Waals surface area contributed by atoms with Gasteiger partial charge in [-0.1, -0.05) is 0 Å². The van der Waals surface area contributed by atoms with Gasteiger partial charge in [0.05, 0.1) is 0 Å². The number of hydrogen-bond acceptors (Lipinski definition) is 4. The Kier molecular flexibility index (Phi) is 5.16. The van der Waals surface area contributed by atoms with E-state index in [1.54, 1.807) is 13.1 Å². The summed E-state index contributed by atoms with van der Waals surface area (Å²) in [7, 11) is 1.69. The van der Waals surface area contributed by atoms with Crippen LogP contribution >= 0.6 is 0 Å². The molecule has 12 heavy (non-hydrogen) atoms. The largest absolute Gasteiger partial charge is 0.414 e. The van der Waals surface area contributed by atoms with Crippen molar-refractivity contribution in [3.05, 3.63) is 23.6 Å². The Morgan fingerprint density at radius 1 is 1.50 bits per heavy atom. The summed E-state index contributed by atoms with van der Waals surface area (Å²) in [6.07, 6.45) is 3.28. The van der Waals surface area contributed by atoms with E-state index in [1.807, 2.05) is 13.8 Å². The molecule has 1 unspecified atom stereocenters. The summed E-state index contributed by atoms with van der Waals surface area (Å²) in [6, 6.07) is -0.177. The van der Waals surface area contributed by atoms with Crippen LogP contribution in [0, 0.1) is 0 Å². The van der Waals surface area contributed by atoms with Gasteiger partial charge < -0.3 is 16.3 Å². The molecule has 0 heterocycles. The Labute approximate surface area is 73.2 Å². The molecule has 0 rings (SSSR count). The molecule has 0 saturated heterocycles. The molecule has 0 radical (unpaired) electrons. The quantitative estimate of drug-likeness (QED) is 0.418. The molecule has 0 aliphatic carbocycles. The molecular formula is C8H17N3O. The second kappa shape index (κ2) is 5.62. The van der Waals surface area contributed by atoms with Gasteiger partial charge in [-0.2, -0.15) is 5.48 Å². The number of rotatable bonds is 4. The van der Waals surface area contributed by atoms with Gasteiger partial charge in [-0.05, 0) is 31.7 Å². The van der Waals surface area contributed by atoms with Crippen molar-refractivity contribution in [2.75, 3.05) is 7.05 Å². The molecule has 70 valence electrons. The van der Waals surface area contributed by atoms with E-state index in [4.69, 9.17) is 16.3 Å². The van der Waals surface area contributed by atoms with Gasteiger partial charge in [-0.25, -0.2) is 0 Å². The number of hydroxylamine groups is 1. The second-order valence-electron chi connectivity index (χ2n) is 2.52. The van der Waals surface area contributed by atoms with E-state index in [2.05, 4.69) is 5.48 Å². The zero-order chi connectivity index (χ0) is 9.56. The highest BCUT2D eigenvalue weighted by atomic mass is 16.6. The predicted octanol–water partition coefficient (Wildman–Crippen LogP) is 0.231. The molecule has 4 heteroatoms. The maximum atomic E-state index is 5.73. The standard InChI is InChI=1S/C8H17N3O/c1-6(5-9)8(10)4-7(2)12-11-3/h4-5,8,11H,9-10H2,1-3H3/b6-5+,7-4+. The van der Waals surface area contributed by atoms with Crippen LogP contribution in [-0.4, -0.2) is 13.1 Å². The van der Waals surface area contributed by atoms with E-state index in [1.165, 1.54) is 6.20 Å². The van der Waals surface area contributed by atoms with Crippen molar-refractivity contribution < 1.29 is 4.84 Å². The van der Waals surface area contributed by atoms with Crippen LogP contribution in [0.25, 0.3) is 0 Å². The third-order valence-corrected chi connectivity index (χ3v) is 1.47. The summed E-state index contributed by atoms with van der Waals surface area (Å²) in [5, 5.41) is 0. The van der Waals surface area contributed by atoms with Crippen molar-refractivity contribution in [2.45, 2.75) is 19.9 Å². The summed E-state index contributed by atoms with van der Waals surface area (Å²) in [6.45, 7) is 3.69. The van der Waals surface area contributed by atoms with Crippen molar-refractivity contribution >= 4 is 0 Å². The minimum atomic E-state index is -0.177. The minimum Gasteiger partial charge on any atom is -0.414 e. The monoisotopic (exact) mass is 171 g/mol. The smallest absolute Gasteiger partial charge is 0.119 e.